The van der Waals surface area contributed by atoms with Crippen molar-refractivity contribution < 1.29 is 5.11 Å². The fourth-order valence-electron chi connectivity index (χ4n) is 0.830. The van der Waals surface area contributed by atoms with E-state index in [2.05, 4.69) is 4.98 Å². The van der Waals surface area contributed by atoms with E-state index >= 15 is 0 Å². The van der Waals surface area contributed by atoms with Crippen LogP contribution in [0.3, 0.4) is 0 Å². The quantitative estimate of drug-likeness (QED) is 0.665. The van der Waals surface area contributed by atoms with E-state index in [1.165, 1.54) is 0 Å². The molecule has 1 aromatic heterocycles. The third kappa shape index (κ3) is 2.02. The Morgan fingerprint density at radius 2 is 2.00 bits per heavy atom. The molecule has 0 atom stereocenters. The molecule has 1 aromatic rings. The van der Waals surface area contributed by atoms with Crippen LogP contribution in [0.4, 0.5) is 0 Å². The number of rotatable bonds is 1. The molecular weight excluding hydrogens is 140 g/mol. The highest BCUT2D eigenvalue weighted by atomic mass is 16.5. The van der Waals surface area contributed by atoms with E-state index in [-0.39, 0.29) is 0 Å². The minimum absolute atomic E-state index is 0.711. The van der Waals surface area contributed by atoms with Crippen LogP contribution in [-0.2, 0) is 5.60 Å². The summed E-state index contributed by atoms with van der Waals surface area (Å²) in [4.78, 5) is 4.10. The van der Waals surface area contributed by atoms with Crippen molar-refractivity contribution in [2.24, 2.45) is 0 Å². The lowest BCUT2D eigenvalue weighted by Gasteiger charge is -2.15. The summed E-state index contributed by atoms with van der Waals surface area (Å²) in [5, 5.41) is 9.52. The lowest BCUT2D eigenvalue weighted by molar-refractivity contribution is 0.0738. The molecule has 0 amide bonds. The molecular formula is C9H13NO. The molecule has 11 heavy (non-hydrogen) atoms. The first kappa shape index (κ1) is 8.21. The zero-order valence-electron chi connectivity index (χ0n) is 7.13. The van der Waals surface area contributed by atoms with Crippen LogP contribution >= 0.6 is 0 Å². The number of aliphatic hydroxyl groups is 1. The summed E-state index contributed by atoms with van der Waals surface area (Å²) in [5.74, 6) is 0. The van der Waals surface area contributed by atoms with E-state index in [0.717, 1.165) is 5.56 Å². The smallest absolute Gasteiger partial charge is 0.101 e. The van der Waals surface area contributed by atoms with E-state index in [1.807, 2.05) is 19.1 Å². The first-order chi connectivity index (χ1) is 5.00. The highest BCUT2D eigenvalue weighted by Gasteiger charge is 2.16. The zero-order chi connectivity index (χ0) is 8.48. The molecule has 0 fully saturated rings. The van der Waals surface area contributed by atoms with Crippen LogP contribution in [0.25, 0.3) is 0 Å². The van der Waals surface area contributed by atoms with Gasteiger partial charge in [0.1, 0.15) is 5.60 Å². The number of nitrogens with zero attached hydrogens (tertiary/aromatic N) is 1. The van der Waals surface area contributed by atoms with Crippen molar-refractivity contribution in [3.63, 3.8) is 0 Å². The van der Waals surface area contributed by atoms with Gasteiger partial charge in [0.2, 0.25) is 0 Å². The average Bonchev–Trinajstić information content (AvgIpc) is 1.86. The van der Waals surface area contributed by atoms with Gasteiger partial charge in [0, 0.05) is 6.20 Å². The van der Waals surface area contributed by atoms with Crippen LogP contribution in [0, 0.1) is 6.92 Å². The molecule has 1 N–H and O–H groups in total. The van der Waals surface area contributed by atoms with E-state index < -0.39 is 5.60 Å². The van der Waals surface area contributed by atoms with Gasteiger partial charge < -0.3 is 5.11 Å². The summed E-state index contributed by atoms with van der Waals surface area (Å²) in [6, 6.07) is 3.79. The number of pyridine rings is 1. The van der Waals surface area contributed by atoms with Gasteiger partial charge in [0.25, 0.3) is 0 Å². The van der Waals surface area contributed by atoms with E-state index in [0.29, 0.717) is 5.69 Å². The number of aromatic nitrogens is 1. The molecule has 0 saturated carbocycles. The van der Waals surface area contributed by atoms with Gasteiger partial charge >= 0.3 is 0 Å². The highest BCUT2D eigenvalue weighted by Crippen LogP contribution is 2.16. The lowest BCUT2D eigenvalue weighted by atomic mass is 10.3. The maximum absolute atomic E-state index is 9.52. The molecule has 2 nitrogen and oxygen atoms in total. The fraction of sp³-hybridized carbons (Fsp3) is 0.444. The molecule has 0 spiro atoms. The number of aryl methyl sites for hydroxylation is 1. The predicted molar refractivity (Wildman–Crippen MR) is 44.2 cm³/mol. The van der Waals surface area contributed by atoms with Crippen LogP contribution < -0.4 is 0 Å². The van der Waals surface area contributed by atoms with Crippen molar-refractivity contribution in [2.45, 2.75) is 26.4 Å². The average molecular weight is 153 g/mol. The maximum atomic E-state index is 9.52. The van der Waals surface area contributed by atoms with Crippen LogP contribution in [0.15, 0.2) is 18.3 Å². The predicted octanol–water partition coefficient (Wildman–Crippen LogP) is 1.62. The highest BCUT2D eigenvalue weighted by molar-refractivity contribution is 5.16. The van der Waals surface area contributed by atoms with E-state index in [1.54, 1.807) is 20.0 Å². The maximum Gasteiger partial charge on any atom is 0.101 e. The monoisotopic (exact) mass is 153 g/mol. The molecule has 0 bridgehead atoms. The SMILES string of the molecule is Cc1ccc([14C](C)(C)O)nc1. The Kier molecular flexibility index (Phi) is 1.96. The van der Waals surface area contributed by atoms with Gasteiger partial charge in [-0.1, -0.05) is 6.07 Å². The first-order valence-corrected chi connectivity index (χ1v) is 3.65. The molecule has 60 valence electrons. The summed E-state index contributed by atoms with van der Waals surface area (Å²) in [6.07, 6.45) is 1.76. The molecule has 0 aliphatic heterocycles. The molecule has 0 aliphatic rings. The lowest BCUT2D eigenvalue weighted by Crippen LogP contribution is -2.17. The Balaban J connectivity index is 2.99. The first-order valence-electron chi connectivity index (χ1n) is 3.65. The Labute approximate surface area is 66.9 Å². The zero-order valence-corrected chi connectivity index (χ0v) is 7.13. The second-order valence-corrected chi connectivity index (χ2v) is 3.28. The van der Waals surface area contributed by atoms with Crippen molar-refractivity contribution in [1.29, 1.82) is 0 Å². The molecule has 0 radical (unpaired) electrons. The van der Waals surface area contributed by atoms with Gasteiger partial charge in [-0.15, -0.1) is 0 Å². The molecule has 2 heteroatoms. The largest absolute Gasteiger partial charge is 0.384 e. The van der Waals surface area contributed by atoms with Crippen LogP contribution in [0.1, 0.15) is 25.1 Å². The van der Waals surface area contributed by atoms with E-state index in [9.17, 15) is 5.11 Å². The van der Waals surface area contributed by atoms with Crippen LogP contribution in [-0.4, -0.2) is 10.1 Å². The fourth-order valence-corrected chi connectivity index (χ4v) is 0.830. The van der Waals surface area contributed by atoms with Crippen LogP contribution in [0.5, 0.6) is 0 Å². The summed E-state index contributed by atoms with van der Waals surface area (Å²) in [7, 11) is 0. The second kappa shape index (κ2) is 2.62. The van der Waals surface area contributed by atoms with Crippen molar-refractivity contribution in [1.82, 2.24) is 4.98 Å². The minimum atomic E-state index is -0.826. The topological polar surface area (TPSA) is 33.1 Å². The van der Waals surface area contributed by atoms with Gasteiger partial charge in [-0.25, -0.2) is 0 Å². The van der Waals surface area contributed by atoms with E-state index in [4.69, 9.17) is 0 Å². The normalized spacial score (nSPS) is 11.6. The molecule has 0 unspecified atom stereocenters. The van der Waals surface area contributed by atoms with Gasteiger partial charge in [-0.2, -0.15) is 0 Å². The van der Waals surface area contributed by atoms with Gasteiger partial charge in [0.15, 0.2) is 0 Å². The van der Waals surface area contributed by atoms with Crippen molar-refractivity contribution in [3.05, 3.63) is 29.6 Å². The Hall–Kier alpha value is -0.890. The number of hydrogen-bond donors (Lipinski definition) is 1. The van der Waals surface area contributed by atoms with Gasteiger partial charge in [-0.05, 0) is 32.4 Å². The molecule has 0 aromatic carbocycles. The number of hydrogen-bond acceptors (Lipinski definition) is 2. The van der Waals surface area contributed by atoms with Crippen molar-refractivity contribution in [2.75, 3.05) is 0 Å². The Morgan fingerprint density at radius 3 is 2.36 bits per heavy atom. The Bertz CT molecular complexity index is 233. The Morgan fingerprint density at radius 1 is 1.36 bits per heavy atom. The molecule has 0 saturated heterocycles. The van der Waals surface area contributed by atoms with Gasteiger partial charge in [-0.3, -0.25) is 4.98 Å². The molecule has 1 rings (SSSR count). The summed E-state index contributed by atoms with van der Waals surface area (Å²) in [6.45, 7) is 5.43. The molecule has 1 heterocycles. The standard InChI is InChI=1S/C9H13NO/c1-7-4-5-8(10-6-7)9(2,3)11/h4-6,11H,1-3H3/i9+2. The third-order valence-corrected chi connectivity index (χ3v) is 1.54. The van der Waals surface area contributed by atoms with Crippen molar-refractivity contribution >= 4 is 0 Å². The van der Waals surface area contributed by atoms with Crippen LogP contribution in [0.2, 0.25) is 0 Å². The summed E-state index contributed by atoms with van der Waals surface area (Å²) >= 11 is 0. The summed E-state index contributed by atoms with van der Waals surface area (Å²) < 4.78 is 0. The summed E-state index contributed by atoms with van der Waals surface area (Å²) in [5.41, 5.74) is 0.995. The van der Waals surface area contributed by atoms with Gasteiger partial charge in [0.05, 0.1) is 5.69 Å². The second-order valence-electron chi connectivity index (χ2n) is 3.28. The molecule has 0 aliphatic carbocycles. The third-order valence-electron chi connectivity index (χ3n) is 1.54. The minimum Gasteiger partial charge on any atom is -0.384 e. The van der Waals surface area contributed by atoms with Crippen molar-refractivity contribution in [3.8, 4) is 0 Å².